The van der Waals surface area contributed by atoms with Crippen molar-refractivity contribution in [2.24, 2.45) is 0 Å². The summed E-state index contributed by atoms with van der Waals surface area (Å²) in [6.45, 7) is 4.01. The molecule has 28 heavy (non-hydrogen) atoms. The van der Waals surface area contributed by atoms with Crippen molar-refractivity contribution in [1.82, 2.24) is 14.8 Å². The van der Waals surface area contributed by atoms with Crippen molar-refractivity contribution in [3.63, 3.8) is 0 Å². The molecule has 11 heteroatoms. The quantitative estimate of drug-likeness (QED) is 0.390. The number of carbonyl (C=O) groups excluding carboxylic acids is 2. The summed E-state index contributed by atoms with van der Waals surface area (Å²) in [5.74, 6) is 0.558. The molecule has 0 aromatic carbocycles. The van der Waals surface area contributed by atoms with Gasteiger partial charge in [0.15, 0.2) is 15.6 Å². The summed E-state index contributed by atoms with van der Waals surface area (Å²) in [5, 5.41) is 13.9. The van der Waals surface area contributed by atoms with Crippen LogP contribution in [0.25, 0.3) is 11.6 Å². The summed E-state index contributed by atoms with van der Waals surface area (Å²) < 4.78 is 12.8. The topological polar surface area (TPSA) is 99.2 Å². The Labute approximate surface area is 177 Å². The molecule has 0 saturated carbocycles. The van der Waals surface area contributed by atoms with Crippen LogP contribution in [0.3, 0.4) is 0 Å². The average Bonchev–Trinajstić information content (AvgIpc) is 3.38. The van der Waals surface area contributed by atoms with Gasteiger partial charge in [-0.2, -0.15) is 0 Å². The number of rotatable bonds is 7. The average molecular weight is 485 g/mol. The van der Waals surface area contributed by atoms with E-state index < -0.39 is 5.97 Å². The minimum absolute atomic E-state index is 0.0719. The number of amides is 1. The Morgan fingerprint density at radius 1 is 1.36 bits per heavy atom. The van der Waals surface area contributed by atoms with E-state index in [1.165, 1.54) is 30.2 Å². The smallest absolute Gasteiger partial charge is 0.340 e. The van der Waals surface area contributed by atoms with Crippen LogP contribution in [-0.2, 0) is 9.53 Å². The van der Waals surface area contributed by atoms with Crippen LogP contribution in [-0.4, -0.2) is 39.5 Å². The number of aromatic nitrogens is 3. The number of thioether (sulfide) groups is 1. The lowest BCUT2D eigenvalue weighted by atomic mass is 10.3. The maximum atomic E-state index is 12.3. The Hall–Kier alpha value is -2.11. The first-order valence-electron chi connectivity index (χ1n) is 8.19. The fourth-order valence-electron chi connectivity index (χ4n) is 2.41. The normalized spacial score (nSPS) is 11.0. The van der Waals surface area contributed by atoms with Crippen LogP contribution in [0.5, 0.6) is 0 Å². The molecule has 3 rings (SSSR count). The summed E-state index contributed by atoms with van der Waals surface area (Å²) >= 11 is 5.81. The number of hydrogen-bond donors (Lipinski definition) is 1. The number of halogens is 1. The van der Waals surface area contributed by atoms with Gasteiger partial charge in [0.25, 0.3) is 0 Å². The number of hydrogen-bond acceptors (Lipinski definition) is 8. The highest BCUT2D eigenvalue weighted by Gasteiger charge is 2.21. The number of anilines is 1. The van der Waals surface area contributed by atoms with Crippen molar-refractivity contribution in [3.8, 4) is 11.6 Å². The number of nitrogens with one attached hydrogen (secondary N) is 1. The number of furan rings is 1. The third kappa shape index (κ3) is 4.47. The van der Waals surface area contributed by atoms with Crippen molar-refractivity contribution in [2.75, 3.05) is 18.2 Å². The molecule has 0 bridgehead atoms. The number of thiophene rings is 1. The molecule has 0 aliphatic heterocycles. The molecule has 0 spiro atoms. The van der Waals surface area contributed by atoms with Crippen LogP contribution in [0.1, 0.15) is 30.2 Å². The van der Waals surface area contributed by atoms with Crippen molar-refractivity contribution in [2.45, 2.75) is 25.0 Å². The van der Waals surface area contributed by atoms with E-state index >= 15 is 0 Å². The minimum Gasteiger partial charge on any atom is -0.465 e. The zero-order chi connectivity index (χ0) is 20.3. The molecule has 0 saturated heterocycles. The lowest BCUT2D eigenvalue weighted by Crippen LogP contribution is -2.16. The van der Waals surface area contributed by atoms with Crippen LogP contribution in [0, 0.1) is 0 Å². The van der Waals surface area contributed by atoms with Crippen LogP contribution < -0.4 is 5.32 Å². The first-order valence-corrected chi connectivity index (χ1v) is 10.9. The molecule has 0 fully saturated rings. The predicted octanol–water partition coefficient (Wildman–Crippen LogP) is 4.46. The molecular weight excluding hydrogens is 468 g/mol. The molecule has 0 aliphatic rings. The highest BCUT2D eigenvalue weighted by molar-refractivity contribution is 9.10. The zero-order valence-electron chi connectivity index (χ0n) is 15.3. The van der Waals surface area contributed by atoms with E-state index in [1.807, 2.05) is 18.4 Å². The number of ether oxygens (including phenoxy) is 1. The van der Waals surface area contributed by atoms with Crippen LogP contribution in [0.4, 0.5) is 5.00 Å². The van der Waals surface area contributed by atoms with Gasteiger partial charge in [-0.25, -0.2) is 4.79 Å². The molecule has 0 atom stereocenters. The lowest BCUT2D eigenvalue weighted by molar-refractivity contribution is -0.113. The molecule has 8 nitrogen and oxygen atoms in total. The largest absolute Gasteiger partial charge is 0.465 e. The van der Waals surface area contributed by atoms with Crippen molar-refractivity contribution in [3.05, 3.63) is 33.8 Å². The highest BCUT2D eigenvalue weighted by Crippen LogP contribution is 2.30. The van der Waals surface area contributed by atoms with E-state index in [2.05, 4.69) is 31.4 Å². The van der Waals surface area contributed by atoms with Gasteiger partial charge in [-0.05, 0) is 53.4 Å². The maximum absolute atomic E-state index is 12.3. The molecule has 1 amide bonds. The first-order chi connectivity index (χ1) is 13.4. The van der Waals surface area contributed by atoms with Gasteiger partial charge in [0.2, 0.25) is 11.7 Å². The van der Waals surface area contributed by atoms with E-state index in [0.29, 0.717) is 32.0 Å². The van der Waals surface area contributed by atoms with Gasteiger partial charge in [-0.15, -0.1) is 21.5 Å². The monoisotopic (exact) mass is 484 g/mol. The number of nitrogens with zero attached hydrogens (tertiary/aromatic N) is 3. The van der Waals surface area contributed by atoms with Crippen molar-refractivity contribution >= 4 is 55.9 Å². The second-order valence-corrected chi connectivity index (χ2v) is 8.51. The molecule has 3 aromatic heterocycles. The predicted molar refractivity (Wildman–Crippen MR) is 111 cm³/mol. The highest BCUT2D eigenvalue weighted by atomic mass is 79.9. The summed E-state index contributed by atoms with van der Waals surface area (Å²) in [6.07, 6.45) is 0. The summed E-state index contributed by atoms with van der Waals surface area (Å²) in [7, 11) is 1.30. The van der Waals surface area contributed by atoms with Gasteiger partial charge < -0.3 is 14.5 Å². The third-order valence-corrected chi connectivity index (χ3v) is 5.83. The van der Waals surface area contributed by atoms with Crippen molar-refractivity contribution < 1.29 is 18.7 Å². The van der Waals surface area contributed by atoms with E-state index in [1.54, 1.807) is 23.6 Å². The molecule has 0 aliphatic carbocycles. The second-order valence-electron chi connectivity index (χ2n) is 5.87. The van der Waals surface area contributed by atoms with Crippen LogP contribution >= 0.6 is 39.0 Å². The fraction of sp³-hybridized carbons (Fsp3) is 0.294. The van der Waals surface area contributed by atoms with Gasteiger partial charge in [0.1, 0.15) is 5.00 Å². The third-order valence-electron chi connectivity index (χ3n) is 3.63. The Morgan fingerprint density at radius 2 is 2.14 bits per heavy atom. The molecule has 148 valence electrons. The molecule has 0 radical (unpaired) electrons. The van der Waals surface area contributed by atoms with E-state index in [0.717, 1.165) is 0 Å². The molecular formula is C17H17BrN4O4S2. The fourth-order valence-corrected chi connectivity index (χ4v) is 4.38. The van der Waals surface area contributed by atoms with Gasteiger partial charge in [-0.1, -0.05) is 11.8 Å². The number of esters is 1. The van der Waals surface area contributed by atoms with E-state index in [9.17, 15) is 9.59 Å². The summed E-state index contributed by atoms with van der Waals surface area (Å²) in [5.41, 5.74) is 0.335. The van der Waals surface area contributed by atoms with E-state index in [-0.39, 0.29) is 17.7 Å². The summed E-state index contributed by atoms with van der Waals surface area (Å²) in [4.78, 5) is 24.1. The first kappa shape index (κ1) is 20.6. The molecule has 0 unspecified atom stereocenters. The Morgan fingerprint density at radius 3 is 2.79 bits per heavy atom. The maximum Gasteiger partial charge on any atom is 0.340 e. The van der Waals surface area contributed by atoms with Gasteiger partial charge in [0, 0.05) is 6.04 Å². The van der Waals surface area contributed by atoms with Gasteiger partial charge >= 0.3 is 5.97 Å². The zero-order valence-corrected chi connectivity index (χ0v) is 18.5. The number of carbonyl (C=O) groups is 2. The Bertz CT molecular complexity index is 995. The summed E-state index contributed by atoms with van der Waals surface area (Å²) in [6, 6.07) is 5.28. The van der Waals surface area contributed by atoms with E-state index in [4.69, 9.17) is 9.15 Å². The molecule has 3 heterocycles. The second kappa shape index (κ2) is 8.93. The standard InChI is InChI=1S/C17H17BrN4O4S2/c1-9(2)22-14(11-4-5-12(18)26-11)20-21-17(22)28-8-13(23)19-15-10(6-7-27-15)16(24)25-3/h4-7,9H,8H2,1-3H3,(H,19,23). The Kier molecular flexibility index (Phi) is 6.57. The molecule has 1 N–H and O–H groups in total. The SMILES string of the molecule is COC(=O)c1ccsc1NC(=O)CSc1nnc(-c2ccc(Br)o2)n1C(C)C. The minimum atomic E-state index is -0.488. The lowest BCUT2D eigenvalue weighted by Gasteiger charge is -2.12. The van der Waals surface area contributed by atoms with Crippen LogP contribution in [0.2, 0.25) is 0 Å². The number of methoxy groups -OCH3 is 1. The van der Waals surface area contributed by atoms with Gasteiger partial charge in [0.05, 0.1) is 18.4 Å². The van der Waals surface area contributed by atoms with Gasteiger partial charge in [-0.3, -0.25) is 9.36 Å². The Balaban J connectivity index is 1.71. The van der Waals surface area contributed by atoms with Crippen LogP contribution in [0.15, 0.2) is 37.8 Å². The molecule has 3 aromatic rings. The van der Waals surface area contributed by atoms with Crippen molar-refractivity contribution in [1.29, 1.82) is 0 Å².